The Morgan fingerprint density at radius 3 is 2.61 bits per heavy atom. The lowest BCUT2D eigenvalue weighted by atomic mass is 10.0. The summed E-state index contributed by atoms with van der Waals surface area (Å²) in [5, 5.41) is 11.7. The number of alkyl carbamates (subject to hydrolysis) is 1. The maximum atomic E-state index is 12.2. The van der Waals surface area contributed by atoms with Gasteiger partial charge in [0.25, 0.3) is 5.22 Å². The number of ether oxygens (including phenoxy) is 1. The van der Waals surface area contributed by atoms with Crippen LogP contribution in [0.25, 0.3) is 0 Å². The van der Waals surface area contributed by atoms with Crippen LogP contribution in [-0.2, 0) is 10.5 Å². The van der Waals surface area contributed by atoms with Crippen LogP contribution in [0.5, 0.6) is 0 Å². The lowest BCUT2D eigenvalue weighted by molar-refractivity contribution is 0.0487. The van der Waals surface area contributed by atoms with E-state index in [1.807, 2.05) is 20.8 Å². The molecule has 0 saturated carbocycles. The Morgan fingerprint density at radius 1 is 1.25 bits per heavy atom. The molecule has 6 nitrogen and oxygen atoms in total. The van der Waals surface area contributed by atoms with Crippen molar-refractivity contribution in [3.8, 4) is 0 Å². The molecule has 0 saturated heterocycles. The highest BCUT2D eigenvalue weighted by molar-refractivity contribution is 7.98. The van der Waals surface area contributed by atoms with E-state index in [-0.39, 0.29) is 6.04 Å². The second kappa shape index (κ2) is 9.45. The number of nitrogens with one attached hydrogen (secondary N) is 1. The van der Waals surface area contributed by atoms with Gasteiger partial charge in [-0.3, -0.25) is 0 Å². The van der Waals surface area contributed by atoms with E-state index in [0.29, 0.717) is 23.5 Å². The average molecular weight is 406 g/mol. The van der Waals surface area contributed by atoms with Crippen LogP contribution >= 0.6 is 11.8 Å². The summed E-state index contributed by atoms with van der Waals surface area (Å²) in [6.07, 6.45) is 0.198. The normalized spacial score (nSPS) is 12.9. The molecule has 0 radical (unpaired) electrons. The molecule has 1 atom stereocenters. The smallest absolute Gasteiger partial charge is 0.408 e. The summed E-state index contributed by atoms with van der Waals surface area (Å²) in [4.78, 5) is 12.2. The van der Waals surface area contributed by atoms with Gasteiger partial charge in [0.05, 0.1) is 0 Å². The zero-order valence-electron chi connectivity index (χ0n) is 17.8. The van der Waals surface area contributed by atoms with Crippen LogP contribution in [0, 0.1) is 19.8 Å². The molecule has 2 aromatic rings. The van der Waals surface area contributed by atoms with Crippen LogP contribution in [0.4, 0.5) is 4.79 Å². The summed E-state index contributed by atoms with van der Waals surface area (Å²) in [6, 6.07) is 6.02. The maximum Gasteiger partial charge on any atom is 0.408 e. The highest BCUT2D eigenvalue weighted by atomic mass is 32.2. The molecular formula is C21H31N3O3S. The van der Waals surface area contributed by atoms with Gasteiger partial charge in [-0.2, -0.15) is 0 Å². The second-order valence-corrected chi connectivity index (χ2v) is 9.38. The van der Waals surface area contributed by atoms with Gasteiger partial charge in [-0.05, 0) is 58.1 Å². The first-order chi connectivity index (χ1) is 13.0. The third-order valence-electron chi connectivity index (χ3n) is 3.97. The first-order valence-electron chi connectivity index (χ1n) is 9.55. The Morgan fingerprint density at radius 2 is 1.96 bits per heavy atom. The van der Waals surface area contributed by atoms with E-state index in [0.717, 1.165) is 5.75 Å². The van der Waals surface area contributed by atoms with E-state index in [4.69, 9.17) is 9.15 Å². The number of thioether (sulfide) groups is 1. The van der Waals surface area contributed by atoms with Gasteiger partial charge >= 0.3 is 6.09 Å². The quantitative estimate of drug-likeness (QED) is 0.605. The topological polar surface area (TPSA) is 77.2 Å². The van der Waals surface area contributed by atoms with Crippen LogP contribution in [0.2, 0.25) is 0 Å². The number of amides is 1. The minimum absolute atomic E-state index is 0.345. The van der Waals surface area contributed by atoms with Crippen molar-refractivity contribution in [1.82, 2.24) is 15.5 Å². The monoisotopic (exact) mass is 405 g/mol. The van der Waals surface area contributed by atoms with Gasteiger partial charge in [0.2, 0.25) is 5.89 Å². The van der Waals surface area contributed by atoms with Gasteiger partial charge < -0.3 is 14.5 Å². The number of aromatic nitrogens is 2. The van der Waals surface area contributed by atoms with E-state index >= 15 is 0 Å². The predicted octanol–water partition coefficient (Wildman–Crippen LogP) is 5.59. The number of carbonyl (C=O) groups excluding carboxylic acids is 1. The molecule has 2 rings (SSSR count). The number of hydrogen-bond acceptors (Lipinski definition) is 6. The Kier molecular flexibility index (Phi) is 7.52. The molecule has 154 valence electrons. The Hall–Kier alpha value is -2.02. The van der Waals surface area contributed by atoms with E-state index in [2.05, 4.69) is 61.4 Å². The van der Waals surface area contributed by atoms with Crippen molar-refractivity contribution in [1.29, 1.82) is 0 Å². The van der Waals surface area contributed by atoms with Gasteiger partial charge in [-0.15, -0.1) is 10.2 Å². The summed E-state index contributed by atoms with van der Waals surface area (Å²) >= 11 is 1.50. The lowest BCUT2D eigenvalue weighted by Gasteiger charge is -2.22. The highest BCUT2D eigenvalue weighted by Crippen LogP contribution is 2.27. The Bertz CT molecular complexity index is 796. The zero-order valence-corrected chi connectivity index (χ0v) is 18.6. The molecule has 0 fully saturated rings. The molecule has 1 heterocycles. The van der Waals surface area contributed by atoms with Crippen molar-refractivity contribution in [3.63, 3.8) is 0 Å². The van der Waals surface area contributed by atoms with Gasteiger partial charge in [-0.1, -0.05) is 49.4 Å². The fourth-order valence-corrected chi connectivity index (χ4v) is 3.49. The number of benzene rings is 1. The number of carbonyl (C=O) groups is 1. The minimum Gasteiger partial charge on any atom is -0.444 e. The number of aryl methyl sites for hydroxylation is 2. The maximum absolute atomic E-state index is 12.2. The Labute approximate surface area is 171 Å². The number of nitrogens with zero attached hydrogens (tertiary/aromatic N) is 2. The van der Waals surface area contributed by atoms with Crippen LogP contribution in [0.15, 0.2) is 27.8 Å². The zero-order chi connectivity index (χ0) is 20.9. The van der Waals surface area contributed by atoms with E-state index in [1.54, 1.807) is 0 Å². The van der Waals surface area contributed by atoms with Crippen molar-refractivity contribution in [2.24, 2.45) is 5.92 Å². The molecule has 1 N–H and O–H groups in total. The lowest BCUT2D eigenvalue weighted by Crippen LogP contribution is -2.35. The molecular weight excluding hydrogens is 374 g/mol. The van der Waals surface area contributed by atoms with Gasteiger partial charge in [0, 0.05) is 5.75 Å². The fraction of sp³-hybridized carbons (Fsp3) is 0.571. The van der Waals surface area contributed by atoms with Crippen molar-refractivity contribution in [2.45, 2.75) is 77.5 Å². The highest BCUT2D eigenvalue weighted by Gasteiger charge is 2.25. The first kappa shape index (κ1) is 22.3. The number of hydrogen-bond donors (Lipinski definition) is 1. The largest absolute Gasteiger partial charge is 0.444 e. The molecule has 0 aliphatic rings. The predicted molar refractivity (Wildman–Crippen MR) is 111 cm³/mol. The van der Waals surface area contributed by atoms with Gasteiger partial charge in [-0.25, -0.2) is 4.79 Å². The molecule has 1 aromatic carbocycles. The van der Waals surface area contributed by atoms with E-state index < -0.39 is 11.7 Å². The summed E-state index contributed by atoms with van der Waals surface area (Å²) in [6.45, 7) is 13.8. The SMILES string of the molecule is Cc1ccc(C)c(CSc2nnc(C(CC(C)C)NC(=O)OC(C)(C)C)o2)c1. The van der Waals surface area contributed by atoms with E-state index in [1.165, 1.54) is 28.5 Å². The molecule has 1 aromatic heterocycles. The van der Waals surface area contributed by atoms with Gasteiger partial charge in [0.1, 0.15) is 11.6 Å². The summed E-state index contributed by atoms with van der Waals surface area (Å²) in [5.74, 6) is 1.50. The van der Waals surface area contributed by atoms with Crippen LogP contribution in [0.1, 0.15) is 69.7 Å². The number of rotatable bonds is 7. The Balaban J connectivity index is 2.06. The van der Waals surface area contributed by atoms with Crippen molar-refractivity contribution >= 4 is 17.9 Å². The standard InChI is InChI=1S/C21H31N3O3S/c1-13(2)10-17(22-19(25)27-21(5,6)7)18-23-24-20(26-18)28-12-16-11-14(3)8-9-15(16)4/h8-9,11,13,17H,10,12H2,1-7H3,(H,22,25). The third-order valence-corrected chi connectivity index (χ3v) is 4.84. The first-order valence-corrected chi connectivity index (χ1v) is 10.5. The fourth-order valence-electron chi connectivity index (χ4n) is 2.66. The minimum atomic E-state index is -0.562. The van der Waals surface area contributed by atoms with E-state index in [9.17, 15) is 4.79 Å². The molecule has 0 aliphatic carbocycles. The molecule has 1 amide bonds. The van der Waals surface area contributed by atoms with Crippen molar-refractivity contribution < 1.29 is 13.9 Å². The molecule has 28 heavy (non-hydrogen) atoms. The molecule has 1 unspecified atom stereocenters. The van der Waals surface area contributed by atoms with Crippen LogP contribution in [-0.4, -0.2) is 21.9 Å². The summed E-state index contributed by atoms with van der Waals surface area (Å²) < 4.78 is 11.2. The molecule has 0 bridgehead atoms. The van der Waals surface area contributed by atoms with Crippen molar-refractivity contribution in [2.75, 3.05) is 0 Å². The summed E-state index contributed by atoms with van der Waals surface area (Å²) in [7, 11) is 0. The third kappa shape index (κ3) is 7.19. The van der Waals surface area contributed by atoms with Crippen molar-refractivity contribution in [3.05, 3.63) is 40.8 Å². The van der Waals surface area contributed by atoms with Crippen LogP contribution < -0.4 is 5.32 Å². The average Bonchev–Trinajstić information content (AvgIpc) is 3.02. The second-order valence-electron chi connectivity index (χ2n) is 8.45. The molecule has 0 spiro atoms. The van der Waals surface area contributed by atoms with Crippen LogP contribution in [0.3, 0.4) is 0 Å². The van der Waals surface area contributed by atoms with Gasteiger partial charge in [0.15, 0.2) is 0 Å². The molecule has 0 aliphatic heterocycles. The summed E-state index contributed by atoms with van der Waals surface area (Å²) in [5.41, 5.74) is 3.15. The molecule has 7 heteroatoms.